The number of benzene rings is 5. The molecule has 7 heteroatoms. The molecule has 0 bridgehead atoms. The first-order valence-electron chi connectivity index (χ1n) is 13.2. The number of amides is 3. The van der Waals surface area contributed by atoms with E-state index in [4.69, 9.17) is 9.47 Å². The molecule has 0 spiro atoms. The Morgan fingerprint density at radius 2 is 1.32 bits per heavy atom. The summed E-state index contributed by atoms with van der Waals surface area (Å²) in [7, 11) is 1.54. The molecule has 41 heavy (non-hydrogen) atoms. The number of ether oxygens (including phenoxy) is 2. The Balaban J connectivity index is 1.30. The number of rotatable bonds is 8. The molecule has 0 saturated carbocycles. The highest BCUT2D eigenvalue weighted by atomic mass is 16.5. The topological polar surface area (TPSA) is 76.2 Å². The van der Waals surface area contributed by atoms with Gasteiger partial charge in [-0.1, -0.05) is 48.5 Å². The van der Waals surface area contributed by atoms with Gasteiger partial charge in [0, 0.05) is 40.9 Å². The SMILES string of the molecule is COc1cccc(C(=O)N(CCN2C(=O)c3cccc4cccc(c34)C2=O)c2ccc(Oc3ccccc3)cc2)c1. The zero-order valence-electron chi connectivity index (χ0n) is 22.3. The molecule has 0 fully saturated rings. The third kappa shape index (κ3) is 5.01. The molecule has 6 rings (SSSR count). The van der Waals surface area contributed by atoms with Gasteiger partial charge in [0.1, 0.15) is 17.2 Å². The van der Waals surface area contributed by atoms with E-state index in [9.17, 15) is 14.4 Å². The molecule has 0 aliphatic carbocycles. The molecule has 1 aliphatic rings. The summed E-state index contributed by atoms with van der Waals surface area (Å²) in [6.45, 7) is 0.102. The second-order valence-corrected chi connectivity index (χ2v) is 9.57. The van der Waals surface area contributed by atoms with Crippen LogP contribution in [0.25, 0.3) is 10.8 Å². The van der Waals surface area contributed by atoms with Crippen LogP contribution in [-0.2, 0) is 0 Å². The normalized spacial score (nSPS) is 12.4. The second kappa shape index (κ2) is 11.0. The number of para-hydroxylation sites is 1. The van der Waals surface area contributed by atoms with Crippen molar-refractivity contribution in [1.82, 2.24) is 4.90 Å². The zero-order valence-corrected chi connectivity index (χ0v) is 22.3. The minimum absolute atomic E-state index is 0.0142. The Morgan fingerprint density at radius 1 is 0.707 bits per heavy atom. The summed E-state index contributed by atoms with van der Waals surface area (Å²) < 4.78 is 11.2. The van der Waals surface area contributed by atoms with E-state index in [0.29, 0.717) is 45.0 Å². The van der Waals surface area contributed by atoms with Gasteiger partial charge in [0.25, 0.3) is 17.7 Å². The predicted molar refractivity (Wildman–Crippen MR) is 157 cm³/mol. The number of hydrogen-bond acceptors (Lipinski definition) is 5. The van der Waals surface area contributed by atoms with Crippen LogP contribution in [-0.4, -0.2) is 42.8 Å². The first kappa shape index (κ1) is 25.8. The summed E-state index contributed by atoms with van der Waals surface area (Å²) >= 11 is 0. The lowest BCUT2D eigenvalue weighted by Gasteiger charge is -2.30. The van der Waals surface area contributed by atoms with Gasteiger partial charge in [0.15, 0.2) is 0 Å². The first-order valence-corrected chi connectivity index (χ1v) is 13.2. The Hall–Kier alpha value is -5.43. The number of nitrogens with zero attached hydrogens (tertiary/aromatic N) is 2. The van der Waals surface area contributed by atoms with Crippen molar-refractivity contribution in [2.45, 2.75) is 0 Å². The van der Waals surface area contributed by atoms with Gasteiger partial charge < -0.3 is 14.4 Å². The molecular weight excluding hydrogens is 516 g/mol. The molecule has 0 N–H and O–H groups in total. The van der Waals surface area contributed by atoms with Gasteiger partial charge in [-0.25, -0.2) is 0 Å². The zero-order chi connectivity index (χ0) is 28.3. The van der Waals surface area contributed by atoms with E-state index in [1.807, 2.05) is 54.6 Å². The van der Waals surface area contributed by atoms with Crippen LogP contribution in [0.4, 0.5) is 5.69 Å². The van der Waals surface area contributed by atoms with Crippen molar-refractivity contribution >= 4 is 34.2 Å². The number of hydrogen-bond donors (Lipinski definition) is 0. The molecule has 0 saturated heterocycles. The molecule has 0 unspecified atom stereocenters. The molecule has 1 aliphatic heterocycles. The standard InChI is InChI=1S/C34H26N2O5/c1-40-28-13-5-10-24(22-28)32(37)35(25-16-18-27(19-17-25)41-26-11-3-2-4-12-26)20-21-36-33(38)29-14-6-8-23-9-7-15-30(31(23)29)34(36)39/h2-19,22H,20-21H2,1H3. The lowest BCUT2D eigenvalue weighted by atomic mass is 9.94. The van der Waals surface area contributed by atoms with Gasteiger partial charge >= 0.3 is 0 Å². The largest absolute Gasteiger partial charge is 0.497 e. The van der Waals surface area contributed by atoms with Crippen LogP contribution >= 0.6 is 0 Å². The maximum Gasteiger partial charge on any atom is 0.261 e. The van der Waals surface area contributed by atoms with Crippen LogP contribution in [0.1, 0.15) is 31.1 Å². The lowest BCUT2D eigenvalue weighted by Crippen LogP contribution is -2.46. The van der Waals surface area contributed by atoms with Crippen molar-refractivity contribution in [2.75, 3.05) is 25.1 Å². The summed E-state index contributed by atoms with van der Waals surface area (Å²) in [5.74, 6) is 0.815. The van der Waals surface area contributed by atoms with E-state index in [1.165, 1.54) is 4.90 Å². The second-order valence-electron chi connectivity index (χ2n) is 9.57. The van der Waals surface area contributed by atoms with Gasteiger partial charge in [-0.3, -0.25) is 19.3 Å². The summed E-state index contributed by atoms with van der Waals surface area (Å²) in [6, 6.07) is 34.3. The van der Waals surface area contributed by atoms with Gasteiger partial charge in [-0.05, 0) is 72.1 Å². The molecule has 1 heterocycles. The minimum Gasteiger partial charge on any atom is -0.497 e. The molecular formula is C34H26N2O5. The first-order chi connectivity index (χ1) is 20.0. The smallest absolute Gasteiger partial charge is 0.261 e. The Labute approximate surface area is 237 Å². The van der Waals surface area contributed by atoms with Crippen LogP contribution in [0.2, 0.25) is 0 Å². The third-order valence-electron chi connectivity index (χ3n) is 7.09. The molecule has 5 aromatic carbocycles. The fourth-order valence-corrected chi connectivity index (χ4v) is 5.06. The Kier molecular flexibility index (Phi) is 6.92. The van der Waals surface area contributed by atoms with Gasteiger partial charge in [0.05, 0.1) is 7.11 Å². The Morgan fingerprint density at radius 3 is 1.98 bits per heavy atom. The van der Waals surface area contributed by atoms with Gasteiger partial charge in [-0.15, -0.1) is 0 Å². The molecule has 0 atom stereocenters. The van der Waals surface area contributed by atoms with E-state index < -0.39 is 0 Å². The van der Waals surface area contributed by atoms with Crippen molar-refractivity contribution in [1.29, 1.82) is 0 Å². The maximum absolute atomic E-state index is 13.8. The molecule has 7 nitrogen and oxygen atoms in total. The number of carbonyl (C=O) groups is 3. The van der Waals surface area contributed by atoms with Crippen LogP contribution in [0.3, 0.4) is 0 Å². The van der Waals surface area contributed by atoms with Crippen molar-refractivity contribution in [3.8, 4) is 17.2 Å². The van der Waals surface area contributed by atoms with E-state index in [2.05, 4.69) is 0 Å². The van der Waals surface area contributed by atoms with Gasteiger partial charge in [0.2, 0.25) is 0 Å². The van der Waals surface area contributed by atoms with Crippen LogP contribution in [0, 0.1) is 0 Å². The summed E-state index contributed by atoms with van der Waals surface area (Å²) in [6.07, 6.45) is 0. The monoisotopic (exact) mass is 542 g/mol. The summed E-state index contributed by atoms with van der Waals surface area (Å²) in [5, 5.41) is 1.51. The predicted octanol–water partition coefficient (Wildman–Crippen LogP) is 6.58. The summed E-state index contributed by atoms with van der Waals surface area (Å²) in [5.41, 5.74) is 1.97. The molecule has 5 aromatic rings. The highest BCUT2D eigenvalue weighted by molar-refractivity contribution is 6.25. The fraction of sp³-hybridized carbons (Fsp3) is 0.0882. The number of anilines is 1. The van der Waals surface area contributed by atoms with E-state index in [0.717, 1.165) is 5.39 Å². The van der Waals surface area contributed by atoms with Gasteiger partial charge in [-0.2, -0.15) is 0 Å². The maximum atomic E-state index is 13.8. The van der Waals surface area contributed by atoms with Crippen molar-refractivity contribution < 1.29 is 23.9 Å². The van der Waals surface area contributed by atoms with Crippen molar-refractivity contribution in [2.24, 2.45) is 0 Å². The fourth-order valence-electron chi connectivity index (χ4n) is 5.06. The highest BCUT2D eigenvalue weighted by Crippen LogP contribution is 2.31. The Bertz CT molecular complexity index is 1720. The van der Waals surface area contributed by atoms with Crippen LogP contribution in [0.5, 0.6) is 17.2 Å². The van der Waals surface area contributed by atoms with Crippen LogP contribution < -0.4 is 14.4 Å². The molecule has 0 radical (unpaired) electrons. The molecule has 3 amide bonds. The average Bonchev–Trinajstić information content (AvgIpc) is 3.02. The van der Waals surface area contributed by atoms with Crippen LogP contribution in [0.15, 0.2) is 115 Å². The summed E-state index contributed by atoms with van der Waals surface area (Å²) in [4.78, 5) is 43.6. The minimum atomic E-state index is -0.375. The quantitative estimate of drug-likeness (QED) is 0.207. The van der Waals surface area contributed by atoms with E-state index >= 15 is 0 Å². The molecule has 202 valence electrons. The van der Waals surface area contributed by atoms with E-state index in [-0.39, 0.29) is 30.8 Å². The van der Waals surface area contributed by atoms with Crippen molar-refractivity contribution in [3.05, 3.63) is 132 Å². The number of methoxy groups -OCH3 is 1. The average molecular weight is 543 g/mol. The number of imide groups is 1. The highest BCUT2D eigenvalue weighted by Gasteiger charge is 2.33. The molecule has 0 aromatic heterocycles. The lowest BCUT2D eigenvalue weighted by molar-refractivity contribution is 0.0611. The van der Waals surface area contributed by atoms with Crippen molar-refractivity contribution in [3.63, 3.8) is 0 Å². The third-order valence-corrected chi connectivity index (χ3v) is 7.09. The van der Waals surface area contributed by atoms with E-state index in [1.54, 1.807) is 72.7 Å². The number of carbonyl (C=O) groups excluding carboxylic acids is 3.